The van der Waals surface area contributed by atoms with Gasteiger partial charge in [-0.15, -0.1) is 0 Å². The second kappa shape index (κ2) is 7.24. The molecule has 3 rings (SSSR count). The Morgan fingerprint density at radius 1 is 1.22 bits per heavy atom. The minimum Gasteiger partial charge on any atom is -0.476 e. The number of carbonyl (C=O) groups is 2. The predicted octanol–water partition coefficient (Wildman–Crippen LogP) is 4.21. The Morgan fingerprint density at radius 2 is 1.96 bits per heavy atom. The summed E-state index contributed by atoms with van der Waals surface area (Å²) < 4.78 is 5.81. The van der Waals surface area contributed by atoms with Gasteiger partial charge in [-0.05, 0) is 63.6 Å². The molecule has 0 aromatic heterocycles. The van der Waals surface area contributed by atoms with Crippen LogP contribution in [-0.2, 0) is 9.59 Å². The Labute approximate surface area is 164 Å². The summed E-state index contributed by atoms with van der Waals surface area (Å²) >= 11 is 6.11. The Bertz CT molecular complexity index is 895. The molecule has 1 aliphatic rings. The molecular formula is C21H23ClN2O3. The molecule has 2 amide bonds. The number of fused-ring (bicyclic) bond motifs is 1. The molecule has 0 bridgehead atoms. The van der Waals surface area contributed by atoms with E-state index in [1.807, 2.05) is 38.1 Å². The van der Waals surface area contributed by atoms with E-state index >= 15 is 0 Å². The first-order chi connectivity index (χ1) is 12.7. The average molecular weight is 387 g/mol. The van der Waals surface area contributed by atoms with E-state index in [0.717, 1.165) is 11.3 Å². The van der Waals surface area contributed by atoms with Gasteiger partial charge >= 0.3 is 0 Å². The predicted molar refractivity (Wildman–Crippen MR) is 108 cm³/mol. The van der Waals surface area contributed by atoms with Crippen LogP contribution in [0.25, 0.3) is 0 Å². The number of halogens is 1. The Morgan fingerprint density at radius 3 is 2.63 bits per heavy atom. The van der Waals surface area contributed by atoms with Crippen LogP contribution in [0, 0.1) is 6.92 Å². The van der Waals surface area contributed by atoms with Gasteiger partial charge in [0.05, 0.1) is 5.69 Å². The molecule has 6 heteroatoms. The first kappa shape index (κ1) is 19.2. The van der Waals surface area contributed by atoms with Crippen LogP contribution >= 0.6 is 11.6 Å². The van der Waals surface area contributed by atoms with Crippen molar-refractivity contribution in [3.8, 4) is 5.75 Å². The topological polar surface area (TPSA) is 49.9 Å². The zero-order valence-electron chi connectivity index (χ0n) is 16.0. The quantitative estimate of drug-likeness (QED) is 0.791. The molecule has 0 atom stereocenters. The molecule has 2 aromatic rings. The maximum atomic E-state index is 13.1. The van der Waals surface area contributed by atoms with Gasteiger partial charge < -0.3 is 9.64 Å². The van der Waals surface area contributed by atoms with Gasteiger partial charge in [-0.1, -0.05) is 23.7 Å². The summed E-state index contributed by atoms with van der Waals surface area (Å²) in [4.78, 5) is 29.1. The first-order valence-electron chi connectivity index (χ1n) is 8.90. The van der Waals surface area contributed by atoms with Gasteiger partial charge in [0.15, 0.2) is 5.60 Å². The van der Waals surface area contributed by atoms with Gasteiger partial charge in [0, 0.05) is 17.3 Å². The first-order valence-corrected chi connectivity index (χ1v) is 9.28. The summed E-state index contributed by atoms with van der Waals surface area (Å²) in [7, 11) is 0. The standard InChI is InChI=1S/C21H23ClN2O3/c1-5-23(16-8-6-7-14(2)11-16)19(25)13-24-17-12-15(22)9-10-18(17)27-21(3,4)20(24)26/h6-12H,5,13H2,1-4H3. The number of anilines is 2. The summed E-state index contributed by atoms with van der Waals surface area (Å²) in [5.74, 6) is 0.0985. The van der Waals surface area contributed by atoms with Crippen LogP contribution in [0.4, 0.5) is 11.4 Å². The molecule has 0 saturated heterocycles. The lowest BCUT2D eigenvalue weighted by molar-refractivity contribution is -0.134. The molecule has 27 heavy (non-hydrogen) atoms. The second-order valence-electron chi connectivity index (χ2n) is 7.09. The van der Waals surface area contributed by atoms with Gasteiger partial charge in [-0.3, -0.25) is 14.5 Å². The smallest absolute Gasteiger partial charge is 0.271 e. The van der Waals surface area contributed by atoms with E-state index in [-0.39, 0.29) is 18.4 Å². The molecule has 0 unspecified atom stereocenters. The monoisotopic (exact) mass is 386 g/mol. The molecule has 2 aromatic carbocycles. The van der Waals surface area contributed by atoms with E-state index in [1.54, 1.807) is 36.9 Å². The number of amides is 2. The van der Waals surface area contributed by atoms with Crippen molar-refractivity contribution in [3.63, 3.8) is 0 Å². The van der Waals surface area contributed by atoms with Crippen LogP contribution in [0.1, 0.15) is 26.3 Å². The highest BCUT2D eigenvalue weighted by atomic mass is 35.5. The minimum atomic E-state index is -1.05. The van der Waals surface area contributed by atoms with Gasteiger partial charge in [0.25, 0.3) is 5.91 Å². The summed E-state index contributed by atoms with van der Waals surface area (Å²) in [6.07, 6.45) is 0. The highest BCUT2D eigenvalue weighted by molar-refractivity contribution is 6.31. The number of aryl methyl sites for hydroxylation is 1. The Hall–Kier alpha value is -2.53. The number of likely N-dealkylation sites (N-methyl/N-ethyl adjacent to an activating group) is 1. The van der Waals surface area contributed by atoms with Gasteiger partial charge in [0.2, 0.25) is 5.91 Å². The largest absolute Gasteiger partial charge is 0.476 e. The summed E-state index contributed by atoms with van der Waals surface area (Å²) in [6, 6.07) is 12.8. The van der Waals surface area contributed by atoms with Crippen LogP contribution in [0.2, 0.25) is 5.02 Å². The number of nitrogens with zero attached hydrogens (tertiary/aromatic N) is 2. The summed E-state index contributed by atoms with van der Waals surface area (Å²) in [5.41, 5.74) is 1.34. The number of hydrogen-bond donors (Lipinski definition) is 0. The molecule has 0 fully saturated rings. The van der Waals surface area contributed by atoms with Gasteiger partial charge in [-0.2, -0.15) is 0 Å². The number of benzene rings is 2. The lowest BCUT2D eigenvalue weighted by atomic mass is 10.0. The van der Waals surface area contributed by atoms with Crippen LogP contribution in [0.5, 0.6) is 5.75 Å². The van der Waals surface area contributed by atoms with Crippen molar-refractivity contribution in [1.82, 2.24) is 0 Å². The Balaban J connectivity index is 1.94. The lowest BCUT2D eigenvalue weighted by Crippen LogP contribution is -2.55. The molecule has 1 aliphatic heterocycles. The van der Waals surface area contributed by atoms with Crippen molar-refractivity contribution in [3.05, 3.63) is 53.1 Å². The fourth-order valence-corrected chi connectivity index (χ4v) is 3.38. The van der Waals surface area contributed by atoms with Gasteiger partial charge in [-0.25, -0.2) is 0 Å². The Kier molecular flexibility index (Phi) is 5.16. The van der Waals surface area contributed by atoms with Crippen LogP contribution in [0.3, 0.4) is 0 Å². The highest BCUT2D eigenvalue weighted by Gasteiger charge is 2.42. The molecule has 0 spiro atoms. The third-order valence-electron chi connectivity index (χ3n) is 4.56. The van der Waals surface area contributed by atoms with E-state index in [0.29, 0.717) is 23.0 Å². The van der Waals surface area contributed by atoms with E-state index in [1.165, 1.54) is 4.90 Å². The van der Waals surface area contributed by atoms with Crippen LogP contribution in [-0.4, -0.2) is 30.5 Å². The molecule has 0 radical (unpaired) electrons. The van der Waals surface area contributed by atoms with Crippen LogP contribution in [0.15, 0.2) is 42.5 Å². The van der Waals surface area contributed by atoms with Crippen molar-refractivity contribution < 1.29 is 14.3 Å². The second-order valence-corrected chi connectivity index (χ2v) is 7.53. The molecule has 0 N–H and O–H groups in total. The molecule has 0 saturated carbocycles. The average Bonchev–Trinajstić information content (AvgIpc) is 2.60. The molecule has 142 valence electrons. The van der Waals surface area contributed by atoms with Crippen molar-refractivity contribution in [2.45, 2.75) is 33.3 Å². The fourth-order valence-electron chi connectivity index (χ4n) is 3.22. The number of rotatable bonds is 4. The van der Waals surface area contributed by atoms with Gasteiger partial charge in [0.1, 0.15) is 12.3 Å². The number of carbonyl (C=O) groups excluding carboxylic acids is 2. The lowest BCUT2D eigenvalue weighted by Gasteiger charge is -2.39. The molecule has 1 heterocycles. The number of hydrogen-bond acceptors (Lipinski definition) is 3. The van der Waals surface area contributed by atoms with Crippen molar-refractivity contribution in [2.75, 3.05) is 22.9 Å². The molecule has 5 nitrogen and oxygen atoms in total. The molecule has 0 aliphatic carbocycles. The maximum absolute atomic E-state index is 13.1. The van der Waals surface area contributed by atoms with E-state index in [2.05, 4.69) is 0 Å². The van der Waals surface area contributed by atoms with E-state index in [9.17, 15) is 9.59 Å². The van der Waals surface area contributed by atoms with Crippen LogP contribution < -0.4 is 14.5 Å². The third-order valence-corrected chi connectivity index (χ3v) is 4.80. The third kappa shape index (κ3) is 3.78. The normalized spacial score (nSPS) is 15.1. The van der Waals surface area contributed by atoms with E-state index < -0.39 is 5.60 Å². The highest BCUT2D eigenvalue weighted by Crippen LogP contribution is 2.39. The minimum absolute atomic E-state index is 0.0826. The van der Waals surface area contributed by atoms with Crippen molar-refractivity contribution in [1.29, 1.82) is 0 Å². The van der Waals surface area contributed by atoms with E-state index in [4.69, 9.17) is 16.3 Å². The summed E-state index contributed by atoms with van der Waals surface area (Å²) in [6.45, 7) is 7.71. The number of ether oxygens (including phenoxy) is 1. The van der Waals surface area contributed by atoms with Crippen molar-refractivity contribution >= 4 is 34.8 Å². The zero-order chi connectivity index (χ0) is 19.8. The maximum Gasteiger partial charge on any atom is 0.271 e. The zero-order valence-corrected chi connectivity index (χ0v) is 16.7. The summed E-state index contributed by atoms with van der Waals surface area (Å²) in [5, 5.41) is 0.480. The fraction of sp³-hybridized carbons (Fsp3) is 0.333. The molecular weight excluding hydrogens is 364 g/mol. The SMILES string of the molecule is CCN(C(=O)CN1C(=O)C(C)(C)Oc2ccc(Cl)cc21)c1cccc(C)c1. The van der Waals surface area contributed by atoms with Crippen molar-refractivity contribution in [2.24, 2.45) is 0 Å².